The molecule has 6 saturated carbocycles. The molecule has 0 saturated heterocycles. The highest BCUT2D eigenvalue weighted by atomic mass is 79.9. The van der Waals surface area contributed by atoms with Gasteiger partial charge in [-0.3, -0.25) is 4.79 Å². The minimum absolute atomic E-state index is 0.0179. The number of rotatable bonds is 1. The fourth-order valence-corrected chi connectivity index (χ4v) is 7.66. The van der Waals surface area contributed by atoms with Gasteiger partial charge in [0.2, 0.25) is 0 Å². The zero-order valence-electron chi connectivity index (χ0n) is 7.59. The van der Waals surface area contributed by atoms with E-state index in [1.807, 2.05) is 0 Å². The van der Waals surface area contributed by atoms with Crippen LogP contribution in [0.2, 0.25) is 0 Å². The summed E-state index contributed by atoms with van der Waals surface area (Å²) in [4.78, 5) is 11.3. The van der Waals surface area contributed by atoms with Gasteiger partial charge in [-0.2, -0.15) is 0 Å². The molecule has 4 unspecified atom stereocenters. The van der Waals surface area contributed by atoms with Crippen molar-refractivity contribution in [3.8, 4) is 0 Å². The molecule has 6 aliphatic carbocycles. The van der Waals surface area contributed by atoms with Gasteiger partial charge in [0.05, 0.1) is 9.74 Å². The lowest BCUT2D eigenvalue weighted by molar-refractivity contribution is -0.421. The minimum atomic E-state index is -1.66. The van der Waals surface area contributed by atoms with Crippen molar-refractivity contribution < 1.29 is 20.1 Å². The fourth-order valence-electron chi connectivity index (χ4n) is 6.26. The molecule has 2 bridgehead atoms. The van der Waals surface area contributed by atoms with Crippen LogP contribution in [0.4, 0.5) is 0 Å². The summed E-state index contributed by atoms with van der Waals surface area (Å²) < 4.78 is -0.568. The Morgan fingerprint density at radius 2 is 1.47 bits per heavy atom. The van der Waals surface area contributed by atoms with Gasteiger partial charge < -0.3 is 15.3 Å². The van der Waals surface area contributed by atoms with Crippen LogP contribution >= 0.6 is 15.9 Å². The average Bonchev–Trinajstić information content (AvgIpc) is 2.25. The number of hydrogen-bond acceptors (Lipinski definition) is 3. The second-order valence-corrected chi connectivity index (χ2v) is 7.20. The Bertz CT molecular complexity index is 438. The van der Waals surface area contributed by atoms with E-state index in [1.165, 1.54) is 0 Å². The van der Waals surface area contributed by atoms with E-state index in [-0.39, 0.29) is 35.5 Å². The molecule has 5 heteroatoms. The number of alkyl halides is 1. The summed E-state index contributed by atoms with van der Waals surface area (Å²) >= 11 is 3.49. The molecule has 0 aromatic heterocycles. The van der Waals surface area contributed by atoms with Crippen LogP contribution in [-0.2, 0) is 4.79 Å². The monoisotopic (exact) mass is 272 g/mol. The smallest absolute Gasteiger partial charge is 0.310 e. The van der Waals surface area contributed by atoms with Gasteiger partial charge in [-0.05, 0) is 29.6 Å². The van der Waals surface area contributed by atoms with Crippen LogP contribution in [-0.4, -0.2) is 31.4 Å². The highest BCUT2D eigenvalue weighted by Crippen LogP contribution is 3.03. The number of aliphatic hydroxyl groups is 2. The second-order valence-electron chi connectivity index (χ2n) is 5.89. The topological polar surface area (TPSA) is 77.8 Å². The van der Waals surface area contributed by atoms with Crippen molar-refractivity contribution in [1.29, 1.82) is 0 Å². The van der Waals surface area contributed by atoms with Crippen LogP contribution in [0.15, 0.2) is 0 Å². The molecule has 0 aliphatic heterocycles. The number of aliphatic carboxylic acids is 1. The molecular formula is C10H9BrO4. The maximum atomic E-state index is 11.3. The van der Waals surface area contributed by atoms with Crippen molar-refractivity contribution >= 4 is 21.9 Å². The van der Waals surface area contributed by atoms with Crippen LogP contribution in [0.5, 0.6) is 0 Å². The first-order chi connectivity index (χ1) is 6.93. The molecule has 8 atom stereocenters. The molecule has 6 rings (SSSR count). The summed E-state index contributed by atoms with van der Waals surface area (Å²) in [6.45, 7) is 0. The molecule has 15 heavy (non-hydrogen) atoms. The van der Waals surface area contributed by atoms with Crippen molar-refractivity contribution in [2.75, 3.05) is 0 Å². The average molecular weight is 273 g/mol. The Balaban J connectivity index is 1.76. The van der Waals surface area contributed by atoms with Crippen molar-refractivity contribution in [3.05, 3.63) is 0 Å². The predicted octanol–water partition coefficient (Wildman–Crippen LogP) is -0.363. The van der Waals surface area contributed by atoms with E-state index >= 15 is 0 Å². The lowest BCUT2D eigenvalue weighted by atomic mass is 9.13. The summed E-state index contributed by atoms with van der Waals surface area (Å²) in [6.07, 6.45) is 0. The Kier molecular flexibility index (Phi) is 0.814. The molecular weight excluding hydrogens is 264 g/mol. The maximum Gasteiger partial charge on any atom is 0.310 e. The third-order valence-corrected chi connectivity index (χ3v) is 7.99. The zero-order chi connectivity index (χ0) is 10.5. The normalized spacial score (nSPS) is 77.3. The number of carboxylic acid groups (broad SMARTS) is 1. The molecule has 0 aromatic carbocycles. The lowest BCUT2D eigenvalue weighted by Gasteiger charge is -2.89. The van der Waals surface area contributed by atoms with E-state index in [0.717, 1.165) is 0 Å². The highest BCUT2D eigenvalue weighted by molar-refractivity contribution is 9.10. The number of halogens is 1. The molecule has 0 spiro atoms. The molecule has 0 amide bonds. The molecule has 6 fully saturated rings. The molecule has 0 radical (unpaired) electrons. The Labute approximate surface area is 93.4 Å². The Hall–Kier alpha value is -0.130. The SMILES string of the molecule is O=C(O)C12C3[C@@H]4[C@H]1C1[C@H]2[C@@H]3C4(Br)C1(O)O. The van der Waals surface area contributed by atoms with E-state index in [9.17, 15) is 20.1 Å². The molecule has 0 heterocycles. The summed E-state index contributed by atoms with van der Waals surface area (Å²) in [6, 6.07) is 0. The number of carboxylic acids is 1. The van der Waals surface area contributed by atoms with Gasteiger partial charge in [0, 0.05) is 5.92 Å². The molecule has 6 aliphatic rings. The Morgan fingerprint density at radius 1 is 1.00 bits per heavy atom. The van der Waals surface area contributed by atoms with Crippen molar-refractivity contribution in [3.63, 3.8) is 0 Å². The zero-order valence-corrected chi connectivity index (χ0v) is 9.18. The van der Waals surface area contributed by atoms with Gasteiger partial charge in [-0.25, -0.2) is 0 Å². The second kappa shape index (κ2) is 1.52. The predicted molar refractivity (Wildman–Crippen MR) is 49.8 cm³/mol. The molecule has 3 N–H and O–H groups in total. The molecule has 80 valence electrons. The van der Waals surface area contributed by atoms with E-state index in [2.05, 4.69) is 15.9 Å². The summed E-state index contributed by atoms with van der Waals surface area (Å²) in [5.41, 5.74) is -0.551. The van der Waals surface area contributed by atoms with Crippen LogP contribution in [0.3, 0.4) is 0 Å². The molecule has 0 aromatic rings. The van der Waals surface area contributed by atoms with E-state index in [4.69, 9.17) is 0 Å². The first-order valence-corrected chi connectivity index (χ1v) is 6.09. The summed E-state index contributed by atoms with van der Waals surface area (Å²) in [5.74, 6) is -1.90. The first-order valence-electron chi connectivity index (χ1n) is 5.30. The third kappa shape index (κ3) is 0.349. The van der Waals surface area contributed by atoms with Gasteiger partial charge in [-0.1, -0.05) is 15.9 Å². The minimum Gasteiger partial charge on any atom is -0.481 e. The van der Waals surface area contributed by atoms with Gasteiger partial charge in [0.25, 0.3) is 0 Å². The van der Waals surface area contributed by atoms with Crippen molar-refractivity contribution in [2.45, 2.75) is 10.1 Å². The third-order valence-electron chi connectivity index (χ3n) is 6.35. The van der Waals surface area contributed by atoms with Crippen LogP contribution in [0, 0.1) is 40.9 Å². The highest BCUT2D eigenvalue weighted by Gasteiger charge is 3.09. The quantitative estimate of drug-likeness (QED) is 0.450. The standard InChI is InChI=1S/C10H9BrO4/c11-9-4-1-5(9)3-6(10(9,14)15)2(4)8(1,3)7(12)13/h1-6,14-15H,(H,12,13)/t1?,2-,3+,4-,5-,6?,8?,9?/m1/s1. The summed E-state index contributed by atoms with van der Waals surface area (Å²) in [5, 5.41) is 29.4. The van der Waals surface area contributed by atoms with Gasteiger partial charge in [0.1, 0.15) is 0 Å². The largest absolute Gasteiger partial charge is 0.481 e. The summed E-state index contributed by atoms with van der Waals surface area (Å²) in [7, 11) is 0. The van der Waals surface area contributed by atoms with Gasteiger partial charge >= 0.3 is 5.97 Å². The van der Waals surface area contributed by atoms with Crippen molar-refractivity contribution in [2.24, 2.45) is 40.9 Å². The van der Waals surface area contributed by atoms with Crippen LogP contribution < -0.4 is 0 Å². The van der Waals surface area contributed by atoms with Crippen LogP contribution in [0.1, 0.15) is 0 Å². The first kappa shape index (κ1) is 8.03. The van der Waals surface area contributed by atoms with Gasteiger partial charge in [0.15, 0.2) is 5.79 Å². The molecule has 4 nitrogen and oxygen atoms in total. The number of hydrogen-bond donors (Lipinski definition) is 3. The number of carbonyl (C=O) groups is 1. The van der Waals surface area contributed by atoms with Gasteiger partial charge in [-0.15, -0.1) is 0 Å². The fraction of sp³-hybridized carbons (Fsp3) is 0.900. The van der Waals surface area contributed by atoms with E-state index in [1.54, 1.807) is 0 Å². The van der Waals surface area contributed by atoms with Crippen molar-refractivity contribution in [1.82, 2.24) is 0 Å². The van der Waals surface area contributed by atoms with E-state index < -0.39 is 21.5 Å². The van der Waals surface area contributed by atoms with Crippen LogP contribution in [0.25, 0.3) is 0 Å². The Morgan fingerprint density at radius 3 is 1.87 bits per heavy atom. The maximum absolute atomic E-state index is 11.3. The van der Waals surface area contributed by atoms with E-state index in [0.29, 0.717) is 0 Å². The lowest BCUT2D eigenvalue weighted by Crippen LogP contribution is -2.94.